The number of rotatable bonds is 6. The molecule has 2 aromatic rings. The Morgan fingerprint density at radius 2 is 1.92 bits per heavy atom. The van der Waals surface area contributed by atoms with E-state index in [9.17, 15) is 9.59 Å². The second-order valence-electron chi connectivity index (χ2n) is 5.21. The van der Waals surface area contributed by atoms with Gasteiger partial charge in [-0.05, 0) is 55.8 Å². The van der Waals surface area contributed by atoms with Gasteiger partial charge < -0.3 is 14.8 Å². The predicted octanol–water partition coefficient (Wildman–Crippen LogP) is 3.88. The molecule has 0 fully saturated rings. The van der Waals surface area contributed by atoms with Crippen molar-refractivity contribution < 1.29 is 19.1 Å². The third-order valence-corrected chi connectivity index (χ3v) is 3.62. The topological polar surface area (TPSA) is 64.6 Å². The fourth-order valence-electron chi connectivity index (χ4n) is 2.13. The molecule has 2 rings (SSSR count). The van der Waals surface area contributed by atoms with E-state index in [0.717, 1.165) is 5.56 Å². The smallest absolute Gasteiger partial charge is 0.262 e. The third kappa shape index (κ3) is 4.49. The van der Waals surface area contributed by atoms with Crippen LogP contribution < -0.4 is 14.8 Å². The van der Waals surface area contributed by atoms with Gasteiger partial charge in [0.05, 0.1) is 12.7 Å². The maximum absolute atomic E-state index is 12.0. The van der Waals surface area contributed by atoms with Crippen molar-refractivity contribution in [2.24, 2.45) is 0 Å². The largest absolute Gasteiger partial charge is 0.497 e. The second-order valence-corrected chi connectivity index (χ2v) is 5.65. The lowest BCUT2D eigenvalue weighted by Gasteiger charge is -2.12. The zero-order valence-electron chi connectivity index (χ0n) is 13.7. The summed E-state index contributed by atoms with van der Waals surface area (Å²) in [4.78, 5) is 23.7. The van der Waals surface area contributed by atoms with Gasteiger partial charge >= 0.3 is 0 Å². The van der Waals surface area contributed by atoms with Crippen LogP contribution in [0.1, 0.15) is 22.8 Å². The summed E-state index contributed by atoms with van der Waals surface area (Å²) in [5.41, 5.74) is 1.88. The van der Waals surface area contributed by atoms with Crippen LogP contribution in [-0.2, 0) is 4.79 Å². The molecule has 1 amide bonds. The summed E-state index contributed by atoms with van der Waals surface area (Å²) in [6, 6.07) is 10.0. The zero-order valence-corrected chi connectivity index (χ0v) is 14.4. The van der Waals surface area contributed by atoms with E-state index in [4.69, 9.17) is 21.1 Å². The number of halogens is 1. The van der Waals surface area contributed by atoms with Gasteiger partial charge in [0.15, 0.2) is 12.4 Å². The molecule has 0 bridgehead atoms. The highest BCUT2D eigenvalue weighted by molar-refractivity contribution is 6.30. The first-order valence-electron chi connectivity index (χ1n) is 7.28. The van der Waals surface area contributed by atoms with Crippen LogP contribution in [0.2, 0.25) is 5.02 Å². The monoisotopic (exact) mass is 347 g/mol. The van der Waals surface area contributed by atoms with E-state index >= 15 is 0 Å². The van der Waals surface area contributed by atoms with Crippen molar-refractivity contribution in [3.8, 4) is 11.5 Å². The van der Waals surface area contributed by atoms with Crippen molar-refractivity contribution >= 4 is 29.0 Å². The maximum Gasteiger partial charge on any atom is 0.262 e. The number of ketones is 1. The number of aryl methyl sites for hydroxylation is 1. The van der Waals surface area contributed by atoms with Crippen LogP contribution in [0.4, 0.5) is 5.69 Å². The first kappa shape index (κ1) is 17.8. The molecule has 0 atom stereocenters. The molecule has 126 valence electrons. The van der Waals surface area contributed by atoms with E-state index in [0.29, 0.717) is 27.8 Å². The number of hydrogen-bond acceptors (Lipinski definition) is 4. The Bertz CT molecular complexity index is 774. The van der Waals surface area contributed by atoms with Crippen molar-refractivity contribution in [2.45, 2.75) is 13.8 Å². The molecule has 6 heteroatoms. The zero-order chi connectivity index (χ0) is 17.7. The first-order chi connectivity index (χ1) is 11.4. The summed E-state index contributed by atoms with van der Waals surface area (Å²) in [6.45, 7) is 3.06. The van der Waals surface area contributed by atoms with E-state index in [-0.39, 0.29) is 18.3 Å². The first-order valence-corrected chi connectivity index (χ1v) is 7.66. The summed E-state index contributed by atoms with van der Waals surface area (Å²) >= 11 is 5.89. The van der Waals surface area contributed by atoms with Gasteiger partial charge in [-0.1, -0.05) is 11.6 Å². The molecule has 0 saturated heterocycles. The lowest BCUT2D eigenvalue weighted by molar-refractivity contribution is -0.118. The molecule has 2 aromatic carbocycles. The lowest BCUT2D eigenvalue weighted by atomic mass is 10.1. The van der Waals surface area contributed by atoms with Crippen LogP contribution in [-0.4, -0.2) is 25.4 Å². The Balaban J connectivity index is 2.05. The molecule has 0 unspecified atom stereocenters. The number of Topliss-reactive ketones (excluding diaryl/α,β-unsaturated/α-hetero) is 1. The van der Waals surface area contributed by atoms with Crippen LogP contribution in [0.25, 0.3) is 0 Å². The maximum atomic E-state index is 12.0. The highest BCUT2D eigenvalue weighted by Crippen LogP contribution is 2.25. The van der Waals surface area contributed by atoms with Crippen molar-refractivity contribution in [3.63, 3.8) is 0 Å². The van der Waals surface area contributed by atoms with E-state index in [1.54, 1.807) is 36.4 Å². The third-order valence-electron chi connectivity index (χ3n) is 3.39. The van der Waals surface area contributed by atoms with E-state index in [1.807, 2.05) is 6.92 Å². The second kappa shape index (κ2) is 7.84. The lowest BCUT2D eigenvalue weighted by Crippen LogP contribution is -2.21. The molecule has 0 saturated carbocycles. The number of nitrogens with one attached hydrogen (secondary N) is 1. The van der Waals surface area contributed by atoms with Gasteiger partial charge in [-0.3, -0.25) is 9.59 Å². The van der Waals surface area contributed by atoms with E-state index in [1.165, 1.54) is 14.0 Å². The Hall–Kier alpha value is -2.53. The van der Waals surface area contributed by atoms with Gasteiger partial charge in [-0.2, -0.15) is 0 Å². The number of carbonyl (C=O) groups excluding carboxylic acids is 2. The molecule has 0 aliphatic rings. The minimum absolute atomic E-state index is 0.169. The molecular formula is C18H18ClNO4. The Labute approximate surface area is 145 Å². The quantitative estimate of drug-likeness (QED) is 0.805. The highest BCUT2D eigenvalue weighted by Gasteiger charge is 2.12. The van der Waals surface area contributed by atoms with Crippen LogP contribution in [0.15, 0.2) is 36.4 Å². The fraction of sp³-hybridized carbons (Fsp3) is 0.222. The minimum Gasteiger partial charge on any atom is -0.497 e. The Morgan fingerprint density at radius 1 is 1.17 bits per heavy atom. The van der Waals surface area contributed by atoms with Gasteiger partial charge in [0.1, 0.15) is 11.5 Å². The number of carbonyl (C=O) groups is 2. The number of hydrogen-bond donors (Lipinski definition) is 1. The summed E-state index contributed by atoms with van der Waals surface area (Å²) in [5.74, 6) is 0.392. The van der Waals surface area contributed by atoms with E-state index < -0.39 is 0 Å². The van der Waals surface area contributed by atoms with Crippen LogP contribution in [0.3, 0.4) is 0 Å². The Morgan fingerprint density at radius 3 is 2.54 bits per heavy atom. The fourth-order valence-corrected chi connectivity index (χ4v) is 2.36. The van der Waals surface area contributed by atoms with Crippen LogP contribution >= 0.6 is 11.6 Å². The number of methoxy groups -OCH3 is 1. The molecule has 0 aliphatic carbocycles. The van der Waals surface area contributed by atoms with Crippen LogP contribution in [0.5, 0.6) is 11.5 Å². The van der Waals surface area contributed by atoms with Gasteiger partial charge in [0.2, 0.25) is 0 Å². The Kier molecular flexibility index (Phi) is 5.82. The standard InChI is InChI=1S/C18H18ClNO4/c1-11-8-13(19)4-6-16(11)20-18(22)10-24-17-7-5-14(23-3)9-15(17)12(2)21/h4-9H,10H2,1-3H3,(H,20,22). The average Bonchev–Trinajstić information content (AvgIpc) is 2.55. The van der Waals surface area contributed by atoms with Crippen LogP contribution in [0, 0.1) is 6.92 Å². The van der Waals surface area contributed by atoms with Gasteiger partial charge in [-0.25, -0.2) is 0 Å². The average molecular weight is 348 g/mol. The predicted molar refractivity (Wildman–Crippen MR) is 93.3 cm³/mol. The summed E-state index contributed by atoms with van der Waals surface area (Å²) in [7, 11) is 1.52. The molecule has 24 heavy (non-hydrogen) atoms. The van der Waals surface area contributed by atoms with E-state index in [2.05, 4.69) is 5.32 Å². The molecule has 0 radical (unpaired) electrons. The van der Waals surface area contributed by atoms with Crippen molar-refractivity contribution in [1.82, 2.24) is 0 Å². The van der Waals surface area contributed by atoms with Crippen molar-refractivity contribution in [2.75, 3.05) is 19.0 Å². The molecule has 0 aromatic heterocycles. The van der Waals surface area contributed by atoms with Crippen molar-refractivity contribution in [3.05, 3.63) is 52.5 Å². The highest BCUT2D eigenvalue weighted by atomic mass is 35.5. The molecule has 5 nitrogen and oxygen atoms in total. The van der Waals surface area contributed by atoms with Gasteiger partial charge in [-0.15, -0.1) is 0 Å². The van der Waals surface area contributed by atoms with Gasteiger partial charge in [0, 0.05) is 10.7 Å². The number of anilines is 1. The number of amides is 1. The number of ether oxygens (including phenoxy) is 2. The SMILES string of the molecule is COc1ccc(OCC(=O)Nc2ccc(Cl)cc2C)c(C(C)=O)c1. The summed E-state index contributed by atoms with van der Waals surface area (Å²) < 4.78 is 10.6. The normalized spacial score (nSPS) is 10.2. The molecule has 0 heterocycles. The molecule has 0 aliphatic heterocycles. The molecule has 0 spiro atoms. The molecular weight excluding hydrogens is 330 g/mol. The molecule has 1 N–H and O–H groups in total. The summed E-state index contributed by atoms with van der Waals surface area (Å²) in [6.07, 6.45) is 0. The van der Waals surface area contributed by atoms with Crippen molar-refractivity contribution in [1.29, 1.82) is 0 Å². The minimum atomic E-state index is -0.328. The number of benzene rings is 2. The van der Waals surface area contributed by atoms with Gasteiger partial charge in [0.25, 0.3) is 5.91 Å². The summed E-state index contributed by atoms with van der Waals surface area (Å²) in [5, 5.41) is 3.35.